The zero-order valence-electron chi connectivity index (χ0n) is 18.0. The second-order valence-electron chi connectivity index (χ2n) is 7.19. The lowest BCUT2D eigenvalue weighted by Gasteiger charge is -2.08. The molecule has 0 atom stereocenters. The van der Waals surface area contributed by atoms with Crippen molar-refractivity contribution in [2.45, 2.75) is 14.7 Å². The van der Waals surface area contributed by atoms with E-state index in [9.17, 15) is 47.9 Å². The molecule has 200 valence electrons. The number of phenolic OH excluding ortho intramolecular Hbond substituents is 1. The van der Waals surface area contributed by atoms with Crippen LogP contribution in [0.3, 0.4) is 0 Å². The van der Waals surface area contributed by atoms with Gasteiger partial charge < -0.3 is 5.11 Å². The van der Waals surface area contributed by atoms with E-state index in [1.165, 1.54) is 0 Å². The first-order valence-electron chi connectivity index (χ1n) is 9.49. The SMILES string of the molecule is O=S(=O)(O)OCCS(=O)(=O)c1ccc(O)c(N=Nc2cc(S(=O)(=O)O)cc3cc(S(=O)(=O)O)ccc23)c1. The minimum Gasteiger partial charge on any atom is -0.506 e. The summed E-state index contributed by atoms with van der Waals surface area (Å²) in [5.74, 6) is -1.42. The Balaban J connectivity index is 2.08. The molecule has 0 aliphatic carbocycles. The number of hydrogen-bond donors (Lipinski definition) is 4. The fourth-order valence-corrected chi connectivity index (χ4v) is 5.50. The number of benzene rings is 3. The van der Waals surface area contributed by atoms with E-state index < -0.39 is 79.0 Å². The Morgan fingerprint density at radius 1 is 0.676 bits per heavy atom. The van der Waals surface area contributed by atoms with Gasteiger partial charge in [0.2, 0.25) is 0 Å². The average molecular weight is 597 g/mol. The molecule has 0 spiro atoms. The Kier molecular flexibility index (Phi) is 7.73. The quantitative estimate of drug-likeness (QED) is 0.204. The van der Waals surface area contributed by atoms with E-state index in [4.69, 9.17) is 4.55 Å². The van der Waals surface area contributed by atoms with Gasteiger partial charge in [-0.3, -0.25) is 13.7 Å². The number of nitrogens with zero attached hydrogens (tertiary/aromatic N) is 2. The maximum atomic E-state index is 12.4. The molecular formula is C18H16N2O13S4. The van der Waals surface area contributed by atoms with Gasteiger partial charge in [-0.25, -0.2) is 12.6 Å². The Morgan fingerprint density at radius 3 is 1.81 bits per heavy atom. The molecular weight excluding hydrogens is 580 g/mol. The van der Waals surface area contributed by atoms with Crippen LogP contribution in [-0.2, 0) is 44.7 Å². The molecule has 0 unspecified atom stereocenters. The lowest BCUT2D eigenvalue weighted by molar-refractivity contribution is 0.284. The fourth-order valence-electron chi connectivity index (χ4n) is 2.94. The van der Waals surface area contributed by atoms with Crippen molar-refractivity contribution in [3.63, 3.8) is 0 Å². The molecule has 0 aliphatic rings. The van der Waals surface area contributed by atoms with E-state index in [0.717, 1.165) is 48.5 Å². The summed E-state index contributed by atoms with van der Waals surface area (Å²) >= 11 is 0. The molecule has 37 heavy (non-hydrogen) atoms. The standard InChI is InChI=1S/C18H16N2O13S4/c21-18-4-2-12(34(22,23)6-5-33-37(30,31)32)9-17(18)20-19-16-10-14(36(27,28)29)8-11-7-13(35(24,25)26)1-3-15(11)16/h1-4,7-10,21H,5-6H2,(H,24,25,26)(H,27,28,29)(H,30,31,32). The zero-order valence-corrected chi connectivity index (χ0v) is 21.3. The highest BCUT2D eigenvalue weighted by Crippen LogP contribution is 2.35. The number of fused-ring (bicyclic) bond motifs is 1. The fraction of sp³-hybridized carbons (Fsp3) is 0.111. The van der Waals surface area contributed by atoms with Gasteiger partial charge in [0.25, 0.3) is 20.2 Å². The Morgan fingerprint density at radius 2 is 1.22 bits per heavy atom. The van der Waals surface area contributed by atoms with E-state index >= 15 is 0 Å². The van der Waals surface area contributed by atoms with Crippen molar-refractivity contribution in [3.05, 3.63) is 48.5 Å². The molecule has 4 N–H and O–H groups in total. The molecule has 0 amide bonds. The van der Waals surface area contributed by atoms with Crippen molar-refractivity contribution in [3.8, 4) is 5.75 Å². The van der Waals surface area contributed by atoms with Gasteiger partial charge in [-0.15, -0.1) is 10.2 Å². The molecule has 15 nitrogen and oxygen atoms in total. The molecule has 19 heteroatoms. The lowest BCUT2D eigenvalue weighted by atomic mass is 10.1. The summed E-state index contributed by atoms with van der Waals surface area (Å²) < 4.78 is 124. The van der Waals surface area contributed by atoms with Gasteiger partial charge in [0.05, 0.1) is 32.7 Å². The predicted octanol–water partition coefficient (Wildman–Crippen LogP) is 2.05. The second-order valence-corrected chi connectivity index (χ2v) is 13.2. The first kappa shape index (κ1) is 28.5. The number of aromatic hydroxyl groups is 1. The monoisotopic (exact) mass is 596 g/mol. The summed E-state index contributed by atoms with van der Waals surface area (Å²) in [5.41, 5.74) is -0.669. The van der Waals surface area contributed by atoms with Gasteiger partial charge >= 0.3 is 10.4 Å². The van der Waals surface area contributed by atoms with Crippen LogP contribution in [0, 0.1) is 0 Å². The number of sulfone groups is 1. The van der Waals surface area contributed by atoms with E-state index in [-0.39, 0.29) is 16.5 Å². The van der Waals surface area contributed by atoms with Crippen LogP contribution in [0.15, 0.2) is 73.4 Å². The van der Waals surface area contributed by atoms with Gasteiger partial charge in [0, 0.05) is 5.39 Å². The van der Waals surface area contributed by atoms with Crippen molar-refractivity contribution in [1.29, 1.82) is 0 Å². The third-order valence-electron chi connectivity index (χ3n) is 4.63. The van der Waals surface area contributed by atoms with Crippen LogP contribution >= 0.6 is 0 Å². The smallest absolute Gasteiger partial charge is 0.397 e. The molecule has 0 heterocycles. The third kappa shape index (κ3) is 7.26. The minimum atomic E-state index is -4.87. The molecule has 0 saturated heterocycles. The van der Waals surface area contributed by atoms with Crippen LogP contribution in [0.25, 0.3) is 10.8 Å². The Bertz CT molecular complexity index is 1840. The van der Waals surface area contributed by atoms with Gasteiger partial charge in [-0.2, -0.15) is 25.3 Å². The Hall–Kier alpha value is -3.04. The number of hydrogen-bond acceptors (Lipinski definition) is 12. The summed E-state index contributed by atoms with van der Waals surface area (Å²) in [6, 6.07) is 7.64. The number of azo groups is 1. The molecule has 3 aromatic carbocycles. The third-order valence-corrected chi connectivity index (χ3v) is 8.45. The maximum Gasteiger partial charge on any atom is 0.397 e. The molecule has 0 saturated carbocycles. The number of phenols is 1. The van der Waals surface area contributed by atoms with Gasteiger partial charge in [0.1, 0.15) is 11.4 Å². The lowest BCUT2D eigenvalue weighted by Crippen LogP contribution is -2.15. The Labute approximate surface area is 210 Å². The summed E-state index contributed by atoms with van der Waals surface area (Å²) in [7, 11) is -18.5. The summed E-state index contributed by atoms with van der Waals surface area (Å²) in [4.78, 5) is -1.72. The molecule has 0 aromatic heterocycles. The molecule has 0 fully saturated rings. The largest absolute Gasteiger partial charge is 0.506 e. The van der Waals surface area contributed by atoms with Crippen LogP contribution in [0.1, 0.15) is 0 Å². The van der Waals surface area contributed by atoms with E-state index in [2.05, 4.69) is 14.4 Å². The van der Waals surface area contributed by atoms with E-state index in [0.29, 0.717) is 0 Å². The first-order chi connectivity index (χ1) is 16.9. The van der Waals surface area contributed by atoms with E-state index in [1.807, 2.05) is 0 Å². The molecule has 0 radical (unpaired) electrons. The molecule has 0 aliphatic heterocycles. The van der Waals surface area contributed by atoms with Crippen LogP contribution in [0.2, 0.25) is 0 Å². The van der Waals surface area contributed by atoms with Gasteiger partial charge in [-0.05, 0) is 47.9 Å². The van der Waals surface area contributed by atoms with E-state index in [1.54, 1.807) is 0 Å². The van der Waals surface area contributed by atoms with Crippen LogP contribution < -0.4 is 0 Å². The van der Waals surface area contributed by atoms with Gasteiger partial charge in [-0.1, -0.05) is 6.07 Å². The van der Waals surface area contributed by atoms with Crippen molar-refractivity contribution >= 4 is 62.6 Å². The summed E-state index contributed by atoms with van der Waals surface area (Å²) in [6.45, 7) is -0.904. The highest BCUT2D eigenvalue weighted by Gasteiger charge is 2.19. The van der Waals surface area contributed by atoms with Crippen LogP contribution in [0.4, 0.5) is 11.4 Å². The molecule has 3 aromatic rings. The highest BCUT2D eigenvalue weighted by atomic mass is 32.3. The predicted molar refractivity (Wildman–Crippen MR) is 125 cm³/mol. The van der Waals surface area contributed by atoms with Crippen molar-refractivity contribution in [2.24, 2.45) is 10.2 Å². The van der Waals surface area contributed by atoms with Crippen LogP contribution in [0.5, 0.6) is 5.75 Å². The van der Waals surface area contributed by atoms with Crippen molar-refractivity contribution in [2.75, 3.05) is 12.4 Å². The zero-order chi connectivity index (χ0) is 27.8. The minimum absolute atomic E-state index is 0.0846. The molecule has 3 rings (SSSR count). The normalized spacial score (nSPS) is 13.4. The average Bonchev–Trinajstić information content (AvgIpc) is 2.75. The molecule has 0 bridgehead atoms. The van der Waals surface area contributed by atoms with Crippen LogP contribution in [-0.4, -0.2) is 64.8 Å². The van der Waals surface area contributed by atoms with Crippen molar-refractivity contribution < 1.29 is 56.6 Å². The second kappa shape index (κ2) is 10.0. The first-order valence-corrected chi connectivity index (χ1v) is 15.4. The maximum absolute atomic E-state index is 12.4. The highest BCUT2D eigenvalue weighted by molar-refractivity contribution is 7.91. The van der Waals surface area contributed by atoms with Crippen molar-refractivity contribution in [1.82, 2.24) is 0 Å². The van der Waals surface area contributed by atoms with Gasteiger partial charge in [0.15, 0.2) is 9.84 Å². The number of rotatable bonds is 9. The summed E-state index contributed by atoms with van der Waals surface area (Å²) in [5, 5.41) is 17.6. The topological polar surface area (TPSA) is 251 Å². The summed E-state index contributed by atoms with van der Waals surface area (Å²) in [6.07, 6.45) is 0.